The number of nitrogens with one attached hydrogen (secondary N) is 1. The highest BCUT2D eigenvalue weighted by Gasteiger charge is 2.46. The number of H-pyrrole nitrogens is 1. The van der Waals surface area contributed by atoms with E-state index in [4.69, 9.17) is 0 Å². The van der Waals surface area contributed by atoms with Crippen molar-refractivity contribution in [3.8, 4) is 0 Å². The predicted octanol–water partition coefficient (Wildman–Crippen LogP) is 1.92. The Morgan fingerprint density at radius 2 is 2.27 bits per heavy atom. The lowest BCUT2D eigenvalue weighted by Crippen LogP contribution is -2.33. The Hall–Kier alpha value is -0.930. The normalized spacial score (nSPS) is 23.1. The minimum Gasteiger partial charge on any atom is -0.348 e. The lowest BCUT2D eigenvalue weighted by molar-refractivity contribution is -0.0875. The Morgan fingerprint density at radius 1 is 1.55 bits per heavy atom. The molecule has 4 heteroatoms. The van der Waals surface area contributed by atoms with Gasteiger partial charge in [-0.25, -0.2) is 13.8 Å². The number of hydrogen-bond donors (Lipinski definition) is 1. The van der Waals surface area contributed by atoms with E-state index >= 15 is 0 Å². The van der Waals surface area contributed by atoms with Crippen molar-refractivity contribution in [2.45, 2.75) is 24.7 Å². The van der Waals surface area contributed by atoms with Gasteiger partial charge in [-0.05, 0) is 0 Å². The van der Waals surface area contributed by atoms with E-state index in [1.807, 2.05) is 0 Å². The van der Waals surface area contributed by atoms with Crippen LogP contribution in [0.1, 0.15) is 24.5 Å². The molecular formula is C7H8F2N2. The van der Waals surface area contributed by atoms with Crippen LogP contribution in [0, 0.1) is 0 Å². The van der Waals surface area contributed by atoms with Crippen LogP contribution in [0.25, 0.3) is 0 Å². The highest BCUT2D eigenvalue weighted by molar-refractivity contribution is 5.11. The molecule has 1 aliphatic rings. The van der Waals surface area contributed by atoms with Crippen molar-refractivity contribution in [3.63, 3.8) is 0 Å². The van der Waals surface area contributed by atoms with Crippen LogP contribution in [0.4, 0.5) is 8.78 Å². The Bertz CT molecular complexity index is 235. The quantitative estimate of drug-likeness (QED) is 0.664. The first-order valence-electron chi connectivity index (χ1n) is 3.53. The van der Waals surface area contributed by atoms with E-state index in [0.29, 0.717) is 0 Å². The largest absolute Gasteiger partial charge is 0.348 e. The van der Waals surface area contributed by atoms with Gasteiger partial charge in [0.2, 0.25) is 5.92 Å². The molecule has 1 saturated carbocycles. The van der Waals surface area contributed by atoms with Crippen LogP contribution in [-0.2, 0) is 0 Å². The van der Waals surface area contributed by atoms with Gasteiger partial charge in [0.15, 0.2) is 0 Å². The van der Waals surface area contributed by atoms with Crippen LogP contribution in [0.15, 0.2) is 12.5 Å². The van der Waals surface area contributed by atoms with E-state index in [2.05, 4.69) is 9.97 Å². The van der Waals surface area contributed by atoms with Crippen molar-refractivity contribution in [2.75, 3.05) is 0 Å². The standard InChI is InChI=1S/C7H8F2N2/c8-7(9)1-5(2-7)6-3-10-4-11-6/h3-5H,1-2H2,(H,10,11). The van der Waals surface area contributed by atoms with Gasteiger partial charge in [0.1, 0.15) is 0 Å². The summed E-state index contributed by atoms with van der Waals surface area (Å²) in [5, 5.41) is 0. The summed E-state index contributed by atoms with van der Waals surface area (Å²) in [5.74, 6) is -2.44. The molecule has 60 valence electrons. The minimum absolute atomic E-state index is 0.00694. The van der Waals surface area contributed by atoms with Crippen LogP contribution in [0.5, 0.6) is 0 Å². The predicted molar refractivity (Wildman–Crippen MR) is 35.5 cm³/mol. The third-order valence-electron chi connectivity index (χ3n) is 2.05. The molecule has 1 aromatic rings. The average Bonchev–Trinajstić information content (AvgIpc) is 2.32. The van der Waals surface area contributed by atoms with Gasteiger partial charge in [-0.3, -0.25) is 0 Å². The number of aromatic amines is 1. The van der Waals surface area contributed by atoms with Gasteiger partial charge in [0, 0.05) is 30.7 Å². The molecule has 1 aromatic heterocycles. The van der Waals surface area contributed by atoms with Crippen LogP contribution in [0.3, 0.4) is 0 Å². The number of imidazole rings is 1. The summed E-state index contributed by atoms with van der Waals surface area (Å²) in [5.41, 5.74) is 0.830. The molecule has 0 atom stereocenters. The smallest absolute Gasteiger partial charge is 0.249 e. The fourth-order valence-corrected chi connectivity index (χ4v) is 1.37. The summed E-state index contributed by atoms with van der Waals surface area (Å²) < 4.78 is 24.7. The van der Waals surface area contributed by atoms with E-state index in [9.17, 15) is 8.78 Å². The molecule has 1 fully saturated rings. The zero-order chi connectivity index (χ0) is 7.90. The number of rotatable bonds is 1. The zero-order valence-electron chi connectivity index (χ0n) is 5.85. The molecule has 0 unspecified atom stereocenters. The van der Waals surface area contributed by atoms with Gasteiger partial charge in [-0.15, -0.1) is 0 Å². The second-order valence-corrected chi connectivity index (χ2v) is 2.97. The average molecular weight is 158 g/mol. The van der Waals surface area contributed by atoms with Crippen molar-refractivity contribution in [1.82, 2.24) is 9.97 Å². The second-order valence-electron chi connectivity index (χ2n) is 2.97. The number of nitrogens with zero attached hydrogens (tertiary/aromatic N) is 1. The van der Waals surface area contributed by atoms with Crippen molar-refractivity contribution < 1.29 is 8.78 Å². The maximum Gasteiger partial charge on any atom is 0.249 e. The molecule has 2 rings (SSSR count). The summed E-state index contributed by atoms with van der Waals surface area (Å²) in [6.45, 7) is 0. The maximum atomic E-state index is 12.3. The first-order chi connectivity index (χ1) is 5.17. The SMILES string of the molecule is FC1(F)CC(c2cnc[nH]2)C1. The highest BCUT2D eigenvalue weighted by Crippen LogP contribution is 2.47. The van der Waals surface area contributed by atoms with Crippen LogP contribution < -0.4 is 0 Å². The second kappa shape index (κ2) is 2.03. The van der Waals surface area contributed by atoms with Gasteiger partial charge in [-0.1, -0.05) is 0 Å². The first-order valence-corrected chi connectivity index (χ1v) is 3.53. The Morgan fingerprint density at radius 3 is 2.73 bits per heavy atom. The van der Waals surface area contributed by atoms with Crippen LogP contribution in [-0.4, -0.2) is 15.9 Å². The van der Waals surface area contributed by atoms with E-state index in [1.54, 1.807) is 6.20 Å². The molecule has 2 nitrogen and oxygen atoms in total. The minimum atomic E-state index is -2.43. The fraction of sp³-hybridized carbons (Fsp3) is 0.571. The number of alkyl halides is 2. The fourth-order valence-electron chi connectivity index (χ4n) is 1.37. The van der Waals surface area contributed by atoms with Crippen LogP contribution >= 0.6 is 0 Å². The van der Waals surface area contributed by atoms with Crippen molar-refractivity contribution in [1.29, 1.82) is 0 Å². The third-order valence-corrected chi connectivity index (χ3v) is 2.05. The Kier molecular flexibility index (Phi) is 1.25. The number of halogens is 2. The van der Waals surface area contributed by atoms with Crippen molar-refractivity contribution in [2.24, 2.45) is 0 Å². The molecule has 0 bridgehead atoms. The highest BCUT2D eigenvalue weighted by atomic mass is 19.3. The third kappa shape index (κ3) is 1.13. The van der Waals surface area contributed by atoms with Crippen LogP contribution in [0.2, 0.25) is 0 Å². The summed E-state index contributed by atoms with van der Waals surface area (Å²) in [4.78, 5) is 6.60. The molecule has 0 radical (unpaired) electrons. The molecular weight excluding hydrogens is 150 g/mol. The first kappa shape index (κ1) is 6.76. The molecule has 0 saturated heterocycles. The van der Waals surface area contributed by atoms with Crippen molar-refractivity contribution in [3.05, 3.63) is 18.2 Å². The van der Waals surface area contributed by atoms with E-state index in [1.165, 1.54) is 6.33 Å². The summed E-state index contributed by atoms with van der Waals surface area (Å²) in [6.07, 6.45) is 3.07. The summed E-state index contributed by atoms with van der Waals surface area (Å²) >= 11 is 0. The molecule has 0 aromatic carbocycles. The van der Waals surface area contributed by atoms with Gasteiger partial charge in [0.25, 0.3) is 0 Å². The summed E-state index contributed by atoms with van der Waals surface area (Å²) in [6, 6.07) is 0. The molecule has 0 aliphatic heterocycles. The van der Waals surface area contributed by atoms with Gasteiger partial charge in [0.05, 0.1) is 6.33 Å². The molecule has 11 heavy (non-hydrogen) atoms. The zero-order valence-corrected chi connectivity index (χ0v) is 5.85. The molecule has 1 heterocycles. The molecule has 0 amide bonds. The summed E-state index contributed by atoms with van der Waals surface area (Å²) in [7, 11) is 0. The van der Waals surface area contributed by atoms with Crippen molar-refractivity contribution >= 4 is 0 Å². The number of aromatic nitrogens is 2. The molecule has 0 spiro atoms. The lowest BCUT2D eigenvalue weighted by atomic mass is 9.79. The Balaban J connectivity index is 2.03. The monoisotopic (exact) mass is 158 g/mol. The van der Waals surface area contributed by atoms with E-state index < -0.39 is 5.92 Å². The van der Waals surface area contributed by atoms with Gasteiger partial charge in [-0.2, -0.15) is 0 Å². The number of hydrogen-bond acceptors (Lipinski definition) is 1. The maximum absolute atomic E-state index is 12.3. The lowest BCUT2D eigenvalue weighted by Gasteiger charge is -2.33. The van der Waals surface area contributed by atoms with Gasteiger partial charge < -0.3 is 4.98 Å². The van der Waals surface area contributed by atoms with E-state index in [0.717, 1.165) is 5.69 Å². The molecule has 1 aliphatic carbocycles. The molecule has 1 N–H and O–H groups in total. The topological polar surface area (TPSA) is 28.7 Å². The van der Waals surface area contributed by atoms with Gasteiger partial charge >= 0.3 is 0 Å². The van der Waals surface area contributed by atoms with E-state index in [-0.39, 0.29) is 18.8 Å². The Labute approximate surface area is 62.6 Å².